The molecule has 1 saturated heterocycles. The van der Waals surface area contributed by atoms with E-state index >= 15 is 0 Å². The van der Waals surface area contributed by atoms with Crippen molar-refractivity contribution in [2.24, 2.45) is 5.92 Å². The van der Waals surface area contributed by atoms with Crippen LogP contribution >= 0.6 is 23.2 Å². The molecule has 2 N–H and O–H groups in total. The topological polar surface area (TPSA) is 113 Å². The Morgan fingerprint density at radius 3 is 2.26 bits per heavy atom. The molecule has 0 unspecified atom stereocenters. The number of hydrogen-bond acceptors (Lipinski definition) is 5. The van der Waals surface area contributed by atoms with Crippen molar-refractivity contribution < 1.29 is 21.6 Å². The quantitative estimate of drug-likeness (QED) is 0.367. The molecule has 0 atom stereocenters. The first-order chi connectivity index (χ1) is 17.9. The summed E-state index contributed by atoms with van der Waals surface area (Å²) in [6.45, 7) is 2.24. The maximum atomic E-state index is 12.8. The number of nitrogens with zero attached hydrogens (tertiary/aromatic N) is 1. The highest BCUT2D eigenvalue weighted by atomic mass is 35.5. The second kappa shape index (κ2) is 11.6. The molecule has 0 saturated carbocycles. The lowest BCUT2D eigenvalue weighted by atomic mass is 9.97. The molecule has 3 aromatic rings. The number of hydrogen-bond donors (Lipinski definition) is 2. The number of carbonyl (C=O) groups excluding carboxylic acids is 1. The molecule has 38 heavy (non-hydrogen) atoms. The van der Waals surface area contributed by atoms with E-state index in [4.69, 9.17) is 23.2 Å². The third-order valence-corrected chi connectivity index (χ3v) is 10.2. The van der Waals surface area contributed by atoms with Crippen LogP contribution in [0.5, 0.6) is 0 Å². The van der Waals surface area contributed by atoms with Crippen molar-refractivity contribution in [2.75, 3.05) is 23.1 Å². The maximum Gasteiger partial charge on any atom is 0.261 e. The molecule has 0 aliphatic carbocycles. The molecular weight excluding hydrogens is 569 g/mol. The zero-order chi connectivity index (χ0) is 27.5. The average Bonchev–Trinajstić information content (AvgIpc) is 2.88. The van der Waals surface area contributed by atoms with Crippen LogP contribution in [-0.4, -0.2) is 40.1 Å². The number of rotatable bonds is 8. The van der Waals surface area contributed by atoms with Gasteiger partial charge in [-0.15, -0.1) is 0 Å². The van der Waals surface area contributed by atoms with Gasteiger partial charge in [0.1, 0.15) is 0 Å². The Hall–Kier alpha value is -2.63. The Balaban J connectivity index is 1.33. The van der Waals surface area contributed by atoms with Gasteiger partial charge in [0, 0.05) is 34.7 Å². The highest BCUT2D eigenvalue weighted by molar-refractivity contribution is 7.92. The number of carbonyl (C=O) groups is 1. The van der Waals surface area contributed by atoms with Gasteiger partial charge in [-0.25, -0.2) is 21.1 Å². The van der Waals surface area contributed by atoms with Gasteiger partial charge in [-0.1, -0.05) is 47.5 Å². The molecule has 1 aliphatic heterocycles. The number of amides is 1. The van der Waals surface area contributed by atoms with Crippen LogP contribution < -0.4 is 10.0 Å². The fraction of sp³-hybridized carbons (Fsp3) is 0.269. The number of nitrogens with one attached hydrogen (secondary N) is 2. The molecule has 0 radical (unpaired) electrons. The fourth-order valence-corrected chi connectivity index (χ4v) is 7.34. The van der Waals surface area contributed by atoms with Crippen LogP contribution in [0.4, 0.5) is 11.4 Å². The summed E-state index contributed by atoms with van der Waals surface area (Å²) in [6.07, 6.45) is 0.756. The van der Waals surface area contributed by atoms with Gasteiger partial charge in [-0.2, -0.15) is 0 Å². The molecule has 12 heteroatoms. The summed E-state index contributed by atoms with van der Waals surface area (Å²) in [5, 5.41) is 3.62. The normalized spacial score (nSPS) is 15.2. The van der Waals surface area contributed by atoms with Crippen LogP contribution in [0, 0.1) is 12.8 Å². The Morgan fingerprint density at radius 1 is 0.947 bits per heavy atom. The van der Waals surface area contributed by atoms with Gasteiger partial charge < -0.3 is 5.32 Å². The largest absolute Gasteiger partial charge is 0.326 e. The summed E-state index contributed by atoms with van der Waals surface area (Å²) in [7, 11) is -7.42. The molecule has 1 fully saturated rings. The van der Waals surface area contributed by atoms with E-state index in [-0.39, 0.29) is 35.6 Å². The summed E-state index contributed by atoms with van der Waals surface area (Å²) in [6, 6.07) is 17.6. The van der Waals surface area contributed by atoms with Gasteiger partial charge in [-0.05, 0) is 73.4 Å². The summed E-state index contributed by atoms with van der Waals surface area (Å²) >= 11 is 12.1. The van der Waals surface area contributed by atoms with Crippen molar-refractivity contribution in [2.45, 2.75) is 30.4 Å². The fourth-order valence-electron chi connectivity index (χ4n) is 4.17. The van der Waals surface area contributed by atoms with Crippen LogP contribution in [0.25, 0.3) is 0 Å². The molecule has 3 aromatic carbocycles. The highest BCUT2D eigenvalue weighted by Gasteiger charge is 2.31. The Morgan fingerprint density at radius 2 is 1.61 bits per heavy atom. The maximum absolute atomic E-state index is 12.8. The van der Waals surface area contributed by atoms with Gasteiger partial charge in [-0.3, -0.25) is 9.52 Å². The summed E-state index contributed by atoms with van der Waals surface area (Å²) in [4.78, 5) is 12.8. The van der Waals surface area contributed by atoms with E-state index in [0.29, 0.717) is 39.8 Å². The van der Waals surface area contributed by atoms with Crippen LogP contribution in [0.1, 0.15) is 24.0 Å². The van der Waals surface area contributed by atoms with Gasteiger partial charge in [0.15, 0.2) is 0 Å². The van der Waals surface area contributed by atoms with Crippen molar-refractivity contribution in [3.63, 3.8) is 0 Å². The van der Waals surface area contributed by atoms with E-state index in [1.165, 1.54) is 34.6 Å². The molecule has 0 bridgehead atoms. The minimum atomic E-state index is -3.86. The Kier molecular flexibility index (Phi) is 8.68. The van der Waals surface area contributed by atoms with E-state index in [9.17, 15) is 21.6 Å². The third-order valence-electron chi connectivity index (χ3n) is 6.39. The minimum Gasteiger partial charge on any atom is -0.326 e. The standard InChI is InChI=1S/C26H27Cl2N3O5S2/c1-18-6-7-21(27)16-25(18)30-38(35,36)23-10-8-22(9-11-23)29-26(32)19-12-14-31(15-13-19)37(33,34)17-20-4-2-3-5-24(20)28/h2-11,16,19,30H,12-15,17H2,1H3,(H,29,32). The van der Waals surface area contributed by atoms with E-state index in [1.807, 2.05) is 0 Å². The first kappa shape index (κ1) is 28.4. The number of anilines is 2. The summed E-state index contributed by atoms with van der Waals surface area (Å²) in [5.41, 5.74) is 2.10. The minimum absolute atomic E-state index is 0.0342. The predicted molar refractivity (Wildman–Crippen MR) is 150 cm³/mol. The molecule has 1 heterocycles. The number of aryl methyl sites for hydroxylation is 1. The van der Waals surface area contributed by atoms with E-state index in [2.05, 4.69) is 10.0 Å². The number of sulfonamides is 2. The van der Waals surface area contributed by atoms with Crippen LogP contribution in [0.2, 0.25) is 10.0 Å². The van der Waals surface area contributed by atoms with E-state index < -0.39 is 20.0 Å². The van der Waals surface area contributed by atoms with Crippen LogP contribution in [0.15, 0.2) is 71.6 Å². The number of piperidine rings is 1. The lowest BCUT2D eigenvalue weighted by molar-refractivity contribution is -0.120. The van der Waals surface area contributed by atoms with Crippen molar-refractivity contribution in [3.05, 3.63) is 87.9 Å². The zero-order valence-corrected chi connectivity index (χ0v) is 23.7. The highest BCUT2D eigenvalue weighted by Crippen LogP contribution is 2.27. The number of benzene rings is 3. The van der Waals surface area contributed by atoms with Crippen molar-refractivity contribution in [1.29, 1.82) is 0 Å². The van der Waals surface area contributed by atoms with E-state index in [0.717, 1.165) is 5.56 Å². The van der Waals surface area contributed by atoms with Gasteiger partial charge in [0.25, 0.3) is 10.0 Å². The van der Waals surface area contributed by atoms with Crippen molar-refractivity contribution >= 4 is 60.5 Å². The molecule has 0 aromatic heterocycles. The smallest absolute Gasteiger partial charge is 0.261 e. The Labute approximate surface area is 233 Å². The van der Waals surface area contributed by atoms with Crippen LogP contribution in [0.3, 0.4) is 0 Å². The predicted octanol–water partition coefficient (Wildman–Crippen LogP) is 5.28. The molecule has 8 nitrogen and oxygen atoms in total. The first-order valence-electron chi connectivity index (χ1n) is 11.9. The Bertz CT molecular complexity index is 1540. The average molecular weight is 597 g/mol. The molecule has 4 rings (SSSR count). The molecule has 202 valence electrons. The first-order valence-corrected chi connectivity index (χ1v) is 15.7. The van der Waals surface area contributed by atoms with E-state index in [1.54, 1.807) is 43.3 Å². The zero-order valence-electron chi connectivity index (χ0n) is 20.5. The second-order valence-corrected chi connectivity index (χ2v) is 13.6. The second-order valence-electron chi connectivity index (χ2n) is 9.10. The lowest BCUT2D eigenvalue weighted by Gasteiger charge is -2.30. The third kappa shape index (κ3) is 6.86. The molecule has 1 amide bonds. The lowest BCUT2D eigenvalue weighted by Crippen LogP contribution is -2.41. The SMILES string of the molecule is Cc1ccc(Cl)cc1NS(=O)(=O)c1ccc(NC(=O)C2CCN(S(=O)(=O)Cc3ccccc3Cl)CC2)cc1. The van der Waals surface area contributed by atoms with Crippen LogP contribution in [-0.2, 0) is 30.6 Å². The molecule has 1 aliphatic rings. The van der Waals surface area contributed by atoms with Crippen molar-refractivity contribution in [1.82, 2.24) is 4.31 Å². The monoisotopic (exact) mass is 595 g/mol. The van der Waals surface area contributed by atoms with Crippen molar-refractivity contribution in [3.8, 4) is 0 Å². The van der Waals surface area contributed by atoms with Gasteiger partial charge in [0.05, 0.1) is 16.3 Å². The number of halogens is 2. The summed E-state index contributed by atoms with van der Waals surface area (Å²) < 4.78 is 55.2. The van der Waals surface area contributed by atoms with Gasteiger partial charge in [0.2, 0.25) is 15.9 Å². The molecule has 0 spiro atoms. The molecular formula is C26H27Cl2N3O5S2. The summed E-state index contributed by atoms with van der Waals surface area (Å²) in [5.74, 6) is -0.793. The van der Waals surface area contributed by atoms with Gasteiger partial charge >= 0.3 is 0 Å².